The third-order valence-corrected chi connectivity index (χ3v) is 6.99. The molecule has 0 unspecified atom stereocenters. The minimum Gasteiger partial charge on any atom is -0.494 e. The molecule has 1 fully saturated rings. The number of ether oxygens (including phenoxy) is 6. The second-order valence-corrected chi connectivity index (χ2v) is 10.2. The van der Waals surface area contributed by atoms with Gasteiger partial charge in [0.1, 0.15) is 30.3 Å². The lowest BCUT2D eigenvalue weighted by Gasteiger charge is -2.45. The monoisotopic (exact) mass is 586 g/mol. The number of hydrogen-bond acceptors (Lipinski definition) is 8. The van der Waals surface area contributed by atoms with Gasteiger partial charge < -0.3 is 28.4 Å². The van der Waals surface area contributed by atoms with Crippen LogP contribution in [0.25, 0.3) is 0 Å². The van der Waals surface area contributed by atoms with Crippen LogP contribution in [0.2, 0.25) is 5.02 Å². The molecular formula is C32H39ClO8. The minimum absolute atomic E-state index is 0.210. The van der Waals surface area contributed by atoms with Gasteiger partial charge in [0.2, 0.25) is 0 Å². The Hall–Kier alpha value is -3.33. The van der Waals surface area contributed by atoms with Crippen molar-refractivity contribution >= 4 is 23.5 Å². The molecule has 0 bridgehead atoms. The summed E-state index contributed by atoms with van der Waals surface area (Å²) in [4.78, 5) is 24.4. The highest BCUT2D eigenvalue weighted by molar-refractivity contribution is 6.31. The highest BCUT2D eigenvalue weighted by Crippen LogP contribution is 2.43. The SMILES string of the molecule is C=CCOC[C@H]1O[C@@H](c2cc(Cc3ccc(OCC)cc3)c(Cl)cc2OCC=C)[C@H](OC(C)=O)[C@@H](OC(C)=O)[C@@H]1C. The molecule has 1 aliphatic rings. The van der Waals surface area contributed by atoms with Crippen molar-refractivity contribution in [1.29, 1.82) is 0 Å². The van der Waals surface area contributed by atoms with E-state index >= 15 is 0 Å². The van der Waals surface area contributed by atoms with Gasteiger partial charge in [0, 0.05) is 30.4 Å². The quantitative estimate of drug-likeness (QED) is 0.150. The number of carbonyl (C=O) groups is 2. The molecule has 1 aliphatic heterocycles. The summed E-state index contributed by atoms with van der Waals surface area (Å²) in [5.74, 6) is -0.162. The first-order chi connectivity index (χ1) is 19.7. The summed E-state index contributed by atoms with van der Waals surface area (Å²) in [6.07, 6.45) is 0.677. The van der Waals surface area contributed by atoms with Gasteiger partial charge in [-0.25, -0.2) is 0 Å². The first kappa shape index (κ1) is 32.2. The maximum Gasteiger partial charge on any atom is 0.303 e. The molecule has 0 aliphatic carbocycles. The molecule has 0 aromatic heterocycles. The maximum atomic E-state index is 12.3. The van der Waals surface area contributed by atoms with Gasteiger partial charge in [-0.15, -0.1) is 6.58 Å². The van der Waals surface area contributed by atoms with Crippen molar-refractivity contribution in [1.82, 2.24) is 0 Å². The van der Waals surface area contributed by atoms with E-state index in [9.17, 15) is 9.59 Å². The Morgan fingerprint density at radius 1 is 0.976 bits per heavy atom. The van der Waals surface area contributed by atoms with Gasteiger partial charge in [-0.3, -0.25) is 9.59 Å². The van der Waals surface area contributed by atoms with Crippen LogP contribution in [-0.2, 0) is 35.0 Å². The molecule has 1 saturated heterocycles. The van der Waals surface area contributed by atoms with Gasteiger partial charge >= 0.3 is 11.9 Å². The van der Waals surface area contributed by atoms with Gasteiger partial charge in [-0.1, -0.05) is 49.4 Å². The average molecular weight is 587 g/mol. The molecule has 0 N–H and O–H groups in total. The smallest absolute Gasteiger partial charge is 0.303 e. The van der Waals surface area contributed by atoms with E-state index in [1.807, 2.05) is 44.2 Å². The highest BCUT2D eigenvalue weighted by Gasteiger charge is 2.49. The van der Waals surface area contributed by atoms with Crippen LogP contribution in [0.4, 0.5) is 0 Å². The number of hydrogen-bond donors (Lipinski definition) is 0. The van der Waals surface area contributed by atoms with Crippen LogP contribution >= 0.6 is 11.6 Å². The summed E-state index contributed by atoms with van der Waals surface area (Å²) in [5, 5.41) is 0.498. The molecule has 1 heterocycles. The number of halogens is 1. The van der Waals surface area contributed by atoms with Crippen LogP contribution in [0.15, 0.2) is 61.7 Å². The fraction of sp³-hybridized carbons (Fsp3) is 0.438. The predicted octanol–water partition coefficient (Wildman–Crippen LogP) is 6.04. The van der Waals surface area contributed by atoms with Crippen molar-refractivity contribution in [3.63, 3.8) is 0 Å². The third-order valence-electron chi connectivity index (χ3n) is 6.64. The maximum absolute atomic E-state index is 12.3. The lowest BCUT2D eigenvalue weighted by Crippen LogP contribution is -2.54. The van der Waals surface area contributed by atoms with Crippen LogP contribution in [-0.4, -0.2) is 56.7 Å². The number of esters is 2. The van der Waals surface area contributed by atoms with Crippen molar-refractivity contribution in [2.45, 2.75) is 58.5 Å². The second kappa shape index (κ2) is 15.6. The van der Waals surface area contributed by atoms with Crippen LogP contribution in [0, 0.1) is 5.92 Å². The van der Waals surface area contributed by atoms with Gasteiger partial charge in [0.15, 0.2) is 6.10 Å². The summed E-state index contributed by atoms with van der Waals surface area (Å²) in [6.45, 7) is 15.2. The molecule has 0 saturated carbocycles. The fourth-order valence-electron chi connectivity index (χ4n) is 4.81. The molecule has 5 atom stereocenters. The lowest BCUT2D eigenvalue weighted by molar-refractivity contribution is -0.232. The molecule has 0 amide bonds. The molecule has 0 radical (unpaired) electrons. The van der Waals surface area contributed by atoms with Crippen molar-refractivity contribution in [3.8, 4) is 11.5 Å². The van der Waals surface area contributed by atoms with Crippen LogP contribution in [0.1, 0.15) is 50.5 Å². The second-order valence-electron chi connectivity index (χ2n) is 9.76. The minimum atomic E-state index is -0.951. The Bertz CT molecular complexity index is 1190. The molecule has 9 heteroatoms. The van der Waals surface area contributed by atoms with Crippen molar-refractivity contribution in [2.24, 2.45) is 5.92 Å². The van der Waals surface area contributed by atoms with Crippen molar-refractivity contribution < 1.29 is 38.0 Å². The standard InChI is InChI=1S/C32H39ClO8/c1-7-14-36-19-29-20(4)30(39-21(5)34)32(40-22(6)35)31(41-29)26-17-24(27(33)18-28(26)38-15-8-2)16-23-10-12-25(13-11-23)37-9-3/h7-8,10-13,17-18,20,29-32H,1-2,9,14-16,19H2,3-6H3/t20-,29-,30+,31+,32-/m1/s1. The molecule has 222 valence electrons. The third kappa shape index (κ3) is 8.83. The number of rotatable bonds is 14. The van der Waals surface area contributed by atoms with Gasteiger partial charge in [0.05, 0.1) is 25.9 Å². The van der Waals surface area contributed by atoms with Crippen molar-refractivity contribution in [3.05, 3.63) is 83.4 Å². The van der Waals surface area contributed by atoms with E-state index in [2.05, 4.69) is 13.2 Å². The Labute approximate surface area is 247 Å². The van der Waals surface area contributed by atoms with E-state index in [4.69, 9.17) is 40.0 Å². The first-order valence-electron chi connectivity index (χ1n) is 13.6. The Morgan fingerprint density at radius 2 is 1.63 bits per heavy atom. The lowest BCUT2D eigenvalue weighted by atomic mass is 9.84. The molecule has 2 aromatic carbocycles. The molecule has 0 spiro atoms. The molecule has 41 heavy (non-hydrogen) atoms. The number of benzene rings is 2. The molecular weight excluding hydrogens is 548 g/mol. The zero-order valence-corrected chi connectivity index (χ0v) is 24.9. The van der Waals surface area contributed by atoms with Crippen LogP contribution in [0.5, 0.6) is 11.5 Å². The fourth-order valence-corrected chi connectivity index (χ4v) is 5.03. The summed E-state index contributed by atoms with van der Waals surface area (Å²) >= 11 is 6.75. The predicted molar refractivity (Wildman–Crippen MR) is 156 cm³/mol. The molecule has 3 rings (SSSR count). The highest BCUT2D eigenvalue weighted by atomic mass is 35.5. The zero-order valence-electron chi connectivity index (χ0n) is 24.1. The van der Waals surface area contributed by atoms with E-state index in [1.54, 1.807) is 18.2 Å². The topological polar surface area (TPSA) is 89.5 Å². The number of carbonyl (C=O) groups excluding carboxylic acids is 2. The Kier molecular flexibility index (Phi) is 12.3. The van der Waals surface area contributed by atoms with Gasteiger partial charge in [-0.2, -0.15) is 0 Å². The van der Waals surface area contributed by atoms with E-state index in [1.165, 1.54) is 13.8 Å². The van der Waals surface area contributed by atoms with Crippen LogP contribution < -0.4 is 9.47 Å². The van der Waals surface area contributed by atoms with E-state index < -0.39 is 36.4 Å². The largest absolute Gasteiger partial charge is 0.494 e. The van der Waals surface area contributed by atoms with E-state index in [0.717, 1.165) is 16.9 Å². The normalized spacial score (nSPS) is 21.9. The molecule has 8 nitrogen and oxygen atoms in total. The Balaban J connectivity index is 2.10. The van der Waals surface area contributed by atoms with Crippen molar-refractivity contribution in [2.75, 3.05) is 26.4 Å². The molecule has 2 aromatic rings. The average Bonchev–Trinajstić information content (AvgIpc) is 2.93. The summed E-state index contributed by atoms with van der Waals surface area (Å²) in [7, 11) is 0. The van der Waals surface area contributed by atoms with Gasteiger partial charge in [-0.05, 0) is 48.7 Å². The summed E-state index contributed by atoms with van der Waals surface area (Å²) in [5.41, 5.74) is 2.43. The van der Waals surface area contributed by atoms with E-state index in [-0.39, 0.29) is 19.1 Å². The first-order valence-corrected chi connectivity index (χ1v) is 14.0. The summed E-state index contributed by atoms with van der Waals surface area (Å²) < 4.78 is 35.4. The Morgan fingerprint density at radius 3 is 2.24 bits per heavy atom. The summed E-state index contributed by atoms with van der Waals surface area (Å²) in [6, 6.07) is 11.4. The zero-order chi connectivity index (χ0) is 29.9. The van der Waals surface area contributed by atoms with Crippen LogP contribution in [0.3, 0.4) is 0 Å². The van der Waals surface area contributed by atoms with Gasteiger partial charge in [0.25, 0.3) is 0 Å². The van der Waals surface area contributed by atoms with E-state index in [0.29, 0.717) is 36.0 Å².